The number of nitrogens with zero attached hydrogens (tertiary/aromatic N) is 2. The molecule has 1 aromatic heterocycles. The standard InChI is InChI=1S/C13H19ClN2O3S/c1-15(6-11-2-3-12(14)20-11)13(18)7-16-4-5-19-9-10(16)8-17/h2-3,10,17H,4-9H2,1H3. The maximum atomic E-state index is 12.2. The lowest BCUT2D eigenvalue weighted by Crippen LogP contribution is -2.51. The Morgan fingerprint density at radius 1 is 1.65 bits per heavy atom. The number of aliphatic hydroxyl groups is 1. The van der Waals surface area contributed by atoms with Gasteiger partial charge in [0.25, 0.3) is 0 Å². The number of likely N-dealkylation sites (N-methyl/N-ethyl adjacent to an activating group) is 1. The third kappa shape index (κ3) is 4.17. The van der Waals surface area contributed by atoms with E-state index in [0.717, 1.165) is 9.21 Å². The fourth-order valence-electron chi connectivity index (χ4n) is 2.12. The predicted octanol–water partition coefficient (Wildman–Crippen LogP) is 1.05. The number of carbonyl (C=O) groups is 1. The number of rotatable bonds is 5. The van der Waals surface area contributed by atoms with Crippen molar-refractivity contribution in [3.8, 4) is 0 Å². The van der Waals surface area contributed by atoms with Gasteiger partial charge in [0, 0.05) is 18.5 Å². The zero-order valence-corrected chi connectivity index (χ0v) is 13.0. The van der Waals surface area contributed by atoms with Crippen molar-refractivity contribution in [1.82, 2.24) is 9.80 Å². The number of carbonyl (C=O) groups excluding carboxylic acids is 1. The second-order valence-corrected chi connectivity index (χ2v) is 6.64. The zero-order valence-electron chi connectivity index (χ0n) is 11.4. The van der Waals surface area contributed by atoms with Crippen LogP contribution in [0.2, 0.25) is 4.34 Å². The third-order valence-corrected chi connectivity index (χ3v) is 4.56. The molecule has 0 radical (unpaired) electrons. The van der Waals surface area contributed by atoms with E-state index < -0.39 is 0 Å². The summed E-state index contributed by atoms with van der Waals surface area (Å²) in [5.41, 5.74) is 0. The highest BCUT2D eigenvalue weighted by Crippen LogP contribution is 2.22. The van der Waals surface area contributed by atoms with Crippen molar-refractivity contribution in [3.63, 3.8) is 0 Å². The highest BCUT2D eigenvalue weighted by Gasteiger charge is 2.25. The van der Waals surface area contributed by atoms with E-state index >= 15 is 0 Å². The average molecular weight is 319 g/mol. The van der Waals surface area contributed by atoms with Gasteiger partial charge in [0.05, 0.1) is 43.3 Å². The Kier molecular flexibility index (Phi) is 5.80. The Bertz CT molecular complexity index is 455. The van der Waals surface area contributed by atoms with Gasteiger partial charge >= 0.3 is 0 Å². The van der Waals surface area contributed by atoms with E-state index in [1.54, 1.807) is 11.9 Å². The summed E-state index contributed by atoms with van der Waals surface area (Å²) in [6, 6.07) is 3.68. The first-order valence-corrected chi connectivity index (χ1v) is 7.70. The summed E-state index contributed by atoms with van der Waals surface area (Å²) >= 11 is 7.36. The summed E-state index contributed by atoms with van der Waals surface area (Å²) in [6.07, 6.45) is 0. The van der Waals surface area contributed by atoms with Crippen molar-refractivity contribution in [3.05, 3.63) is 21.3 Å². The van der Waals surface area contributed by atoms with Crippen molar-refractivity contribution in [2.75, 3.05) is 40.0 Å². The topological polar surface area (TPSA) is 53.0 Å². The van der Waals surface area contributed by atoms with Crippen molar-refractivity contribution < 1.29 is 14.6 Å². The second kappa shape index (κ2) is 7.38. The van der Waals surface area contributed by atoms with Gasteiger partial charge in [-0.15, -0.1) is 11.3 Å². The molecule has 1 aliphatic rings. The van der Waals surface area contributed by atoms with E-state index in [9.17, 15) is 9.90 Å². The molecule has 7 heteroatoms. The molecule has 0 spiro atoms. The molecule has 0 bridgehead atoms. The monoisotopic (exact) mass is 318 g/mol. The van der Waals surface area contributed by atoms with E-state index in [1.165, 1.54) is 11.3 Å². The minimum Gasteiger partial charge on any atom is -0.395 e. The Hall–Kier alpha value is -0.660. The van der Waals surface area contributed by atoms with Gasteiger partial charge in [0.2, 0.25) is 5.91 Å². The van der Waals surface area contributed by atoms with Crippen LogP contribution in [0.15, 0.2) is 12.1 Å². The highest BCUT2D eigenvalue weighted by atomic mass is 35.5. The van der Waals surface area contributed by atoms with Gasteiger partial charge in [-0.25, -0.2) is 0 Å². The van der Waals surface area contributed by atoms with Crippen molar-refractivity contribution >= 4 is 28.8 Å². The second-order valence-electron chi connectivity index (χ2n) is 4.84. The van der Waals surface area contributed by atoms with Gasteiger partial charge in [0.15, 0.2) is 0 Å². The fraction of sp³-hybridized carbons (Fsp3) is 0.615. The summed E-state index contributed by atoms with van der Waals surface area (Å²) in [7, 11) is 1.78. The molecular formula is C13H19ClN2O3S. The van der Waals surface area contributed by atoms with Crippen molar-refractivity contribution in [2.45, 2.75) is 12.6 Å². The van der Waals surface area contributed by atoms with Gasteiger partial charge in [-0.2, -0.15) is 0 Å². The molecule has 1 atom stereocenters. The normalized spacial score (nSPS) is 20.1. The number of halogens is 1. The van der Waals surface area contributed by atoms with Gasteiger partial charge in [-0.05, 0) is 12.1 Å². The maximum Gasteiger partial charge on any atom is 0.236 e. The Morgan fingerprint density at radius 3 is 3.10 bits per heavy atom. The molecule has 2 heterocycles. The van der Waals surface area contributed by atoms with Gasteiger partial charge in [-0.3, -0.25) is 9.69 Å². The molecule has 2 rings (SSSR count). The minimum absolute atomic E-state index is 0.0114. The molecule has 0 aromatic carbocycles. The van der Waals surface area contributed by atoms with Gasteiger partial charge < -0.3 is 14.7 Å². The van der Waals surface area contributed by atoms with E-state index in [4.69, 9.17) is 16.3 Å². The molecule has 1 N–H and O–H groups in total. The number of ether oxygens (including phenoxy) is 1. The van der Waals surface area contributed by atoms with Crippen LogP contribution in [0.3, 0.4) is 0 Å². The molecule has 20 heavy (non-hydrogen) atoms. The molecular weight excluding hydrogens is 300 g/mol. The third-order valence-electron chi connectivity index (χ3n) is 3.35. The molecule has 0 aliphatic carbocycles. The van der Waals surface area contributed by atoms with Crippen LogP contribution in [0.1, 0.15) is 4.88 Å². The van der Waals surface area contributed by atoms with E-state index in [2.05, 4.69) is 0 Å². The van der Waals surface area contributed by atoms with Crippen LogP contribution in [-0.4, -0.2) is 66.8 Å². The number of aliphatic hydroxyl groups excluding tert-OH is 1. The molecule has 0 saturated carbocycles. The fourth-order valence-corrected chi connectivity index (χ4v) is 3.26. The Morgan fingerprint density at radius 2 is 2.45 bits per heavy atom. The maximum absolute atomic E-state index is 12.2. The lowest BCUT2D eigenvalue weighted by Gasteiger charge is -2.34. The molecule has 1 unspecified atom stereocenters. The zero-order chi connectivity index (χ0) is 14.5. The summed E-state index contributed by atoms with van der Waals surface area (Å²) < 4.78 is 6.04. The minimum atomic E-state index is -0.0858. The van der Waals surface area contributed by atoms with Crippen LogP contribution in [0, 0.1) is 0 Å². The number of thiophene rings is 1. The number of hydrogen-bond donors (Lipinski definition) is 1. The smallest absolute Gasteiger partial charge is 0.236 e. The van der Waals surface area contributed by atoms with E-state index in [1.807, 2.05) is 17.0 Å². The molecule has 112 valence electrons. The van der Waals surface area contributed by atoms with Crippen LogP contribution in [0.5, 0.6) is 0 Å². The van der Waals surface area contributed by atoms with Crippen LogP contribution in [0.4, 0.5) is 0 Å². The lowest BCUT2D eigenvalue weighted by molar-refractivity contribution is -0.134. The largest absolute Gasteiger partial charge is 0.395 e. The van der Waals surface area contributed by atoms with E-state index in [-0.39, 0.29) is 18.6 Å². The summed E-state index contributed by atoms with van der Waals surface area (Å²) in [5.74, 6) is 0.0369. The van der Waals surface area contributed by atoms with Crippen molar-refractivity contribution in [2.24, 2.45) is 0 Å². The number of hydrogen-bond acceptors (Lipinski definition) is 5. The van der Waals surface area contributed by atoms with Crippen molar-refractivity contribution in [1.29, 1.82) is 0 Å². The Labute approximate surface area is 127 Å². The van der Waals surface area contributed by atoms with Crippen LogP contribution >= 0.6 is 22.9 Å². The summed E-state index contributed by atoms with van der Waals surface area (Å²) in [5, 5.41) is 9.29. The number of morpholine rings is 1. The highest BCUT2D eigenvalue weighted by molar-refractivity contribution is 7.16. The first-order chi connectivity index (χ1) is 9.60. The van der Waals surface area contributed by atoms with Crippen LogP contribution in [-0.2, 0) is 16.1 Å². The average Bonchev–Trinajstić information content (AvgIpc) is 2.84. The van der Waals surface area contributed by atoms with E-state index in [0.29, 0.717) is 32.8 Å². The number of amides is 1. The SMILES string of the molecule is CN(Cc1ccc(Cl)s1)C(=O)CN1CCOCC1CO. The molecule has 1 saturated heterocycles. The summed E-state index contributed by atoms with van der Waals surface area (Å²) in [6.45, 7) is 2.64. The van der Waals surface area contributed by atoms with Gasteiger partial charge in [0.1, 0.15) is 0 Å². The Balaban J connectivity index is 1.86. The molecule has 5 nitrogen and oxygen atoms in total. The van der Waals surface area contributed by atoms with Gasteiger partial charge in [-0.1, -0.05) is 11.6 Å². The molecule has 1 fully saturated rings. The lowest BCUT2D eigenvalue weighted by atomic mass is 10.2. The molecule has 1 amide bonds. The van der Waals surface area contributed by atoms with Crippen LogP contribution < -0.4 is 0 Å². The summed E-state index contributed by atoms with van der Waals surface area (Å²) in [4.78, 5) is 16.9. The molecule has 1 aromatic rings. The van der Waals surface area contributed by atoms with Crippen LogP contribution in [0.25, 0.3) is 0 Å². The first kappa shape index (κ1) is 15.7. The first-order valence-electron chi connectivity index (χ1n) is 6.51. The molecule has 1 aliphatic heterocycles. The quantitative estimate of drug-likeness (QED) is 0.882. The predicted molar refractivity (Wildman–Crippen MR) is 79.1 cm³/mol.